The van der Waals surface area contributed by atoms with Crippen LogP contribution in [0.25, 0.3) is 0 Å². The fourth-order valence-electron chi connectivity index (χ4n) is 3.33. The maximum Gasteiger partial charge on any atom is 0.421 e. The molecule has 8 heteroatoms. The van der Waals surface area contributed by atoms with Crippen LogP contribution in [0, 0.1) is 0 Å². The number of rotatable bonds is 17. The molecule has 1 unspecified atom stereocenters. The van der Waals surface area contributed by atoms with E-state index in [0.717, 1.165) is 25.3 Å². The van der Waals surface area contributed by atoms with E-state index in [1.165, 1.54) is 38.3 Å². The molecule has 1 aromatic heterocycles. The minimum absolute atomic E-state index is 0.131. The van der Waals surface area contributed by atoms with Gasteiger partial charge in [-0.3, -0.25) is 4.79 Å². The van der Waals surface area contributed by atoms with E-state index < -0.39 is 23.7 Å². The largest absolute Gasteiger partial charge is 0.473 e. The minimum atomic E-state index is -4.58. The van der Waals surface area contributed by atoms with Crippen LogP contribution < -0.4 is 10.1 Å². The molecule has 190 valence electrons. The van der Waals surface area contributed by atoms with E-state index in [2.05, 4.69) is 17.2 Å². The molecule has 0 amide bonds. The smallest absolute Gasteiger partial charge is 0.421 e. The second kappa shape index (κ2) is 15.9. The lowest BCUT2D eigenvalue weighted by Crippen LogP contribution is -2.38. The van der Waals surface area contributed by atoms with E-state index in [9.17, 15) is 18.0 Å². The van der Waals surface area contributed by atoms with Crippen molar-refractivity contribution in [2.75, 3.05) is 13.2 Å². The molecule has 0 radical (unpaired) electrons. The van der Waals surface area contributed by atoms with E-state index in [4.69, 9.17) is 9.47 Å². The molecule has 0 bridgehead atoms. The van der Waals surface area contributed by atoms with Crippen molar-refractivity contribution in [1.29, 1.82) is 0 Å². The van der Waals surface area contributed by atoms with Gasteiger partial charge in [0.05, 0.1) is 0 Å². The average Bonchev–Trinajstić information content (AvgIpc) is 2.76. The first-order valence-corrected chi connectivity index (χ1v) is 12.3. The highest BCUT2D eigenvalue weighted by atomic mass is 19.4. The number of carbonyl (C=O) groups excluding carboxylic acids is 1. The van der Waals surface area contributed by atoms with Crippen LogP contribution in [-0.2, 0) is 22.1 Å². The number of aryl methyl sites for hydroxylation is 1. The summed E-state index contributed by atoms with van der Waals surface area (Å²) in [6, 6.07) is 1.18. The standard InChI is InChI=1S/C25H41F3N2O3/c1-5-7-8-9-10-11-12-13-14-23(31)33-21(17-29-19(3)4)18-32-24-22(25(26,27)28)15-20(6-2)16-30-24/h15-16,19,21,29H,5-14,17-18H2,1-4H3. The van der Waals surface area contributed by atoms with Crippen LogP contribution in [0.5, 0.6) is 5.88 Å². The number of ether oxygens (including phenoxy) is 2. The molecular formula is C25H41F3N2O3. The molecule has 0 aliphatic heterocycles. The van der Waals surface area contributed by atoms with Gasteiger partial charge in [0.25, 0.3) is 0 Å². The third-order valence-electron chi connectivity index (χ3n) is 5.31. The molecule has 0 aliphatic carbocycles. The Morgan fingerprint density at radius 2 is 1.70 bits per heavy atom. The normalized spacial score (nSPS) is 12.7. The van der Waals surface area contributed by atoms with Crippen LogP contribution in [0.1, 0.15) is 96.6 Å². The Balaban J connectivity index is 2.58. The first kappa shape index (κ1) is 29.2. The number of halogens is 3. The molecule has 0 saturated heterocycles. The first-order chi connectivity index (χ1) is 15.7. The van der Waals surface area contributed by atoms with E-state index in [-0.39, 0.29) is 25.2 Å². The highest BCUT2D eigenvalue weighted by Gasteiger charge is 2.36. The van der Waals surface area contributed by atoms with Gasteiger partial charge in [-0.15, -0.1) is 0 Å². The van der Waals surface area contributed by atoms with Crippen molar-refractivity contribution in [2.24, 2.45) is 0 Å². The summed E-state index contributed by atoms with van der Waals surface area (Å²) in [4.78, 5) is 16.1. The van der Waals surface area contributed by atoms with Crippen LogP contribution in [-0.4, -0.2) is 36.3 Å². The molecule has 5 nitrogen and oxygen atoms in total. The Labute approximate surface area is 196 Å². The summed E-state index contributed by atoms with van der Waals surface area (Å²) in [6.45, 7) is 7.91. The second-order valence-corrected chi connectivity index (χ2v) is 8.76. The lowest BCUT2D eigenvalue weighted by molar-refractivity contribution is -0.151. The number of unbranched alkanes of at least 4 members (excludes halogenated alkanes) is 7. The van der Waals surface area contributed by atoms with Crippen molar-refractivity contribution >= 4 is 5.97 Å². The summed E-state index contributed by atoms with van der Waals surface area (Å²) < 4.78 is 51.2. The number of alkyl halides is 3. The molecule has 1 rings (SSSR count). The SMILES string of the molecule is CCCCCCCCCCC(=O)OC(CNC(C)C)COc1ncc(CC)cc1C(F)(F)F. The number of hydrogen-bond donors (Lipinski definition) is 1. The summed E-state index contributed by atoms with van der Waals surface area (Å²) in [5.41, 5.74) is -0.438. The molecule has 0 spiro atoms. The van der Waals surface area contributed by atoms with Crippen molar-refractivity contribution < 1.29 is 27.4 Å². The van der Waals surface area contributed by atoms with E-state index in [1.54, 1.807) is 6.92 Å². The maximum atomic E-state index is 13.4. The monoisotopic (exact) mass is 474 g/mol. The van der Waals surface area contributed by atoms with Gasteiger partial charge in [-0.25, -0.2) is 4.98 Å². The number of nitrogens with one attached hydrogen (secondary N) is 1. The Morgan fingerprint density at radius 1 is 1.06 bits per heavy atom. The lowest BCUT2D eigenvalue weighted by Gasteiger charge is -2.21. The van der Waals surface area contributed by atoms with Crippen molar-refractivity contribution in [3.8, 4) is 5.88 Å². The van der Waals surface area contributed by atoms with Gasteiger partial charge in [0.2, 0.25) is 5.88 Å². The van der Waals surface area contributed by atoms with Gasteiger partial charge in [-0.1, -0.05) is 72.6 Å². The lowest BCUT2D eigenvalue weighted by atomic mass is 10.1. The van der Waals surface area contributed by atoms with E-state index in [1.807, 2.05) is 13.8 Å². The van der Waals surface area contributed by atoms with Gasteiger partial charge >= 0.3 is 12.1 Å². The molecule has 1 atom stereocenters. The zero-order chi connectivity index (χ0) is 24.7. The average molecular weight is 475 g/mol. The van der Waals surface area contributed by atoms with Gasteiger partial charge in [0.1, 0.15) is 18.3 Å². The van der Waals surface area contributed by atoms with Gasteiger partial charge in [-0.05, 0) is 24.5 Å². The topological polar surface area (TPSA) is 60.5 Å². The van der Waals surface area contributed by atoms with Crippen molar-refractivity contribution in [1.82, 2.24) is 10.3 Å². The molecule has 1 aromatic rings. The zero-order valence-electron chi connectivity index (χ0n) is 20.6. The molecule has 0 fully saturated rings. The number of nitrogens with zero attached hydrogens (tertiary/aromatic N) is 1. The molecule has 33 heavy (non-hydrogen) atoms. The van der Waals surface area contributed by atoms with Crippen LogP contribution in [0.4, 0.5) is 13.2 Å². The van der Waals surface area contributed by atoms with E-state index >= 15 is 0 Å². The number of aromatic nitrogens is 1. The summed E-state index contributed by atoms with van der Waals surface area (Å²) >= 11 is 0. The van der Waals surface area contributed by atoms with Gasteiger partial charge in [-0.2, -0.15) is 13.2 Å². The van der Waals surface area contributed by atoms with Crippen molar-refractivity contribution in [2.45, 2.75) is 110 Å². The minimum Gasteiger partial charge on any atom is -0.473 e. The molecule has 1 heterocycles. The number of esters is 1. The van der Waals surface area contributed by atoms with Crippen molar-refractivity contribution in [3.63, 3.8) is 0 Å². The maximum absolute atomic E-state index is 13.4. The number of carbonyl (C=O) groups is 1. The molecule has 1 N–H and O–H groups in total. The molecule has 0 saturated carbocycles. The third-order valence-corrected chi connectivity index (χ3v) is 5.31. The summed E-state index contributed by atoms with van der Waals surface area (Å²) in [7, 11) is 0. The molecular weight excluding hydrogens is 433 g/mol. The Kier molecular flexibility index (Phi) is 14.1. The Morgan fingerprint density at radius 3 is 2.27 bits per heavy atom. The van der Waals surface area contributed by atoms with Gasteiger partial charge in [0.15, 0.2) is 0 Å². The molecule has 0 aromatic carbocycles. The van der Waals surface area contributed by atoms with Crippen LogP contribution in [0.2, 0.25) is 0 Å². The Hall–Kier alpha value is -1.83. The highest BCUT2D eigenvalue weighted by molar-refractivity contribution is 5.69. The summed E-state index contributed by atoms with van der Waals surface area (Å²) in [5.74, 6) is -0.848. The zero-order valence-corrected chi connectivity index (χ0v) is 20.6. The summed E-state index contributed by atoms with van der Waals surface area (Å²) in [5, 5.41) is 3.15. The number of hydrogen-bond acceptors (Lipinski definition) is 5. The third kappa shape index (κ3) is 12.8. The van der Waals surface area contributed by atoms with Crippen LogP contribution in [0.15, 0.2) is 12.3 Å². The van der Waals surface area contributed by atoms with Crippen LogP contribution in [0.3, 0.4) is 0 Å². The van der Waals surface area contributed by atoms with Crippen molar-refractivity contribution in [3.05, 3.63) is 23.4 Å². The van der Waals surface area contributed by atoms with E-state index in [0.29, 0.717) is 18.4 Å². The van der Waals surface area contributed by atoms with Gasteiger partial charge in [0, 0.05) is 25.2 Å². The first-order valence-electron chi connectivity index (χ1n) is 12.3. The predicted molar refractivity (Wildman–Crippen MR) is 124 cm³/mol. The quantitative estimate of drug-likeness (QED) is 0.207. The fraction of sp³-hybridized carbons (Fsp3) is 0.760. The Bertz CT molecular complexity index is 681. The predicted octanol–water partition coefficient (Wildman–Crippen LogP) is 6.48. The van der Waals surface area contributed by atoms with Gasteiger partial charge < -0.3 is 14.8 Å². The second-order valence-electron chi connectivity index (χ2n) is 8.76. The highest BCUT2D eigenvalue weighted by Crippen LogP contribution is 2.35. The fourth-order valence-corrected chi connectivity index (χ4v) is 3.33. The summed E-state index contributed by atoms with van der Waals surface area (Å²) in [6.07, 6.45) is 5.79. The molecule has 0 aliphatic rings. The van der Waals surface area contributed by atoms with Crippen LogP contribution >= 0.6 is 0 Å². The number of pyridine rings is 1.